The Bertz CT molecular complexity index is 494. The zero-order chi connectivity index (χ0) is 17.2. The van der Waals surface area contributed by atoms with E-state index >= 15 is 0 Å². The van der Waals surface area contributed by atoms with Crippen LogP contribution < -0.4 is 4.74 Å². The topological polar surface area (TPSA) is 47.9 Å². The fourth-order valence-corrected chi connectivity index (χ4v) is 2.57. The van der Waals surface area contributed by atoms with E-state index in [1.54, 1.807) is 26.4 Å². The molecule has 0 amide bonds. The first-order valence-corrected chi connectivity index (χ1v) is 8.49. The van der Waals surface area contributed by atoms with Gasteiger partial charge in [0.15, 0.2) is 0 Å². The maximum Gasteiger partial charge on any atom is 0.118 e. The van der Waals surface area contributed by atoms with Gasteiger partial charge in [-0.1, -0.05) is 18.2 Å². The standard InChI is InChI=1S/C18H25IO4/c1-5-6-17(22-4)18(16(20)11-13(2)19)23-12-14-7-9-15(21-3)10-8-14/h5,7-11,16-18,20H,1,6,12H2,2-4H3/b13-11-/t16-,17-,18+/m0/s1. The lowest BCUT2D eigenvalue weighted by Crippen LogP contribution is -2.39. The summed E-state index contributed by atoms with van der Waals surface area (Å²) in [6.45, 7) is 6.06. The van der Waals surface area contributed by atoms with Gasteiger partial charge in [-0.05, 0) is 63.3 Å². The molecule has 5 heteroatoms. The largest absolute Gasteiger partial charge is 0.497 e. The molecule has 1 aromatic carbocycles. The highest BCUT2D eigenvalue weighted by Gasteiger charge is 2.27. The molecular weight excluding hydrogens is 407 g/mol. The Hall–Kier alpha value is -0.890. The van der Waals surface area contributed by atoms with Crippen molar-refractivity contribution < 1.29 is 19.3 Å². The van der Waals surface area contributed by atoms with Gasteiger partial charge in [-0.15, -0.1) is 6.58 Å². The van der Waals surface area contributed by atoms with E-state index in [1.807, 2.05) is 31.2 Å². The van der Waals surface area contributed by atoms with Crippen molar-refractivity contribution in [2.75, 3.05) is 14.2 Å². The lowest BCUT2D eigenvalue weighted by molar-refractivity contribution is -0.104. The molecule has 23 heavy (non-hydrogen) atoms. The Kier molecular flexibility index (Phi) is 9.47. The number of hydrogen-bond acceptors (Lipinski definition) is 4. The molecule has 0 aliphatic carbocycles. The summed E-state index contributed by atoms with van der Waals surface area (Å²) in [5.74, 6) is 0.801. The number of methoxy groups -OCH3 is 2. The molecule has 0 bridgehead atoms. The molecule has 1 aromatic rings. The van der Waals surface area contributed by atoms with E-state index in [9.17, 15) is 5.11 Å². The molecule has 4 nitrogen and oxygen atoms in total. The average molecular weight is 432 g/mol. The Labute approximate surface area is 152 Å². The number of benzene rings is 1. The Balaban J connectivity index is 2.81. The van der Waals surface area contributed by atoms with Crippen LogP contribution in [0.25, 0.3) is 0 Å². The number of ether oxygens (including phenoxy) is 3. The summed E-state index contributed by atoms with van der Waals surface area (Å²) in [7, 11) is 3.25. The van der Waals surface area contributed by atoms with Gasteiger partial charge in [0.25, 0.3) is 0 Å². The van der Waals surface area contributed by atoms with Gasteiger partial charge >= 0.3 is 0 Å². The fourth-order valence-electron chi connectivity index (χ4n) is 2.20. The van der Waals surface area contributed by atoms with Crippen LogP contribution in [0.3, 0.4) is 0 Å². The van der Waals surface area contributed by atoms with Crippen LogP contribution in [0.2, 0.25) is 0 Å². The van der Waals surface area contributed by atoms with E-state index in [0.29, 0.717) is 13.0 Å². The van der Waals surface area contributed by atoms with E-state index < -0.39 is 12.2 Å². The van der Waals surface area contributed by atoms with Crippen LogP contribution in [0.5, 0.6) is 5.75 Å². The van der Waals surface area contributed by atoms with Crippen molar-refractivity contribution in [2.24, 2.45) is 0 Å². The summed E-state index contributed by atoms with van der Waals surface area (Å²) in [6.07, 6.45) is 2.68. The van der Waals surface area contributed by atoms with Crippen LogP contribution in [0.1, 0.15) is 18.9 Å². The first-order valence-electron chi connectivity index (χ1n) is 7.42. The van der Waals surface area contributed by atoms with Crippen molar-refractivity contribution in [3.8, 4) is 5.75 Å². The molecule has 0 fully saturated rings. The van der Waals surface area contributed by atoms with E-state index in [1.165, 1.54) is 0 Å². The van der Waals surface area contributed by atoms with Gasteiger partial charge in [0.05, 0.1) is 19.8 Å². The summed E-state index contributed by atoms with van der Waals surface area (Å²) < 4.78 is 17.6. The minimum atomic E-state index is -0.741. The highest BCUT2D eigenvalue weighted by Crippen LogP contribution is 2.19. The number of rotatable bonds is 10. The molecule has 0 heterocycles. The Morgan fingerprint density at radius 3 is 2.43 bits per heavy atom. The third-order valence-corrected chi connectivity index (χ3v) is 3.77. The third kappa shape index (κ3) is 7.03. The zero-order valence-corrected chi connectivity index (χ0v) is 16.0. The normalized spacial score (nSPS) is 15.8. The highest BCUT2D eigenvalue weighted by molar-refractivity contribution is 14.1. The fraction of sp³-hybridized carbons (Fsp3) is 0.444. The summed E-state index contributed by atoms with van der Waals surface area (Å²) in [4.78, 5) is 0. The monoisotopic (exact) mass is 432 g/mol. The minimum Gasteiger partial charge on any atom is -0.497 e. The van der Waals surface area contributed by atoms with Crippen molar-refractivity contribution in [1.82, 2.24) is 0 Å². The molecule has 0 aromatic heterocycles. The number of halogens is 1. The molecule has 0 spiro atoms. The molecule has 0 saturated carbocycles. The van der Waals surface area contributed by atoms with Crippen molar-refractivity contribution in [2.45, 2.75) is 38.3 Å². The van der Waals surface area contributed by atoms with Gasteiger partial charge in [-0.2, -0.15) is 0 Å². The summed E-state index contributed by atoms with van der Waals surface area (Å²) in [5.41, 5.74) is 1.01. The molecule has 0 aliphatic heterocycles. The SMILES string of the molecule is C=CC[C@H](OC)[C@H](OCc1ccc(OC)cc1)[C@@H](O)/C=C(/C)I. The molecule has 0 aliphatic rings. The third-order valence-electron chi connectivity index (χ3n) is 3.41. The van der Waals surface area contributed by atoms with Gasteiger partial charge in [0.2, 0.25) is 0 Å². The molecule has 0 saturated heterocycles. The van der Waals surface area contributed by atoms with E-state index in [0.717, 1.165) is 14.9 Å². The van der Waals surface area contributed by atoms with Gasteiger partial charge in [-0.3, -0.25) is 0 Å². The van der Waals surface area contributed by atoms with Gasteiger partial charge < -0.3 is 19.3 Å². The molecular formula is C18H25IO4. The van der Waals surface area contributed by atoms with Gasteiger partial charge in [0.1, 0.15) is 18.0 Å². The summed E-state index contributed by atoms with van der Waals surface area (Å²) >= 11 is 2.17. The second kappa shape index (κ2) is 10.8. The summed E-state index contributed by atoms with van der Waals surface area (Å²) in [6, 6.07) is 7.65. The van der Waals surface area contributed by atoms with Crippen LogP contribution in [-0.2, 0) is 16.1 Å². The molecule has 1 N–H and O–H groups in total. The second-order valence-corrected chi connectivity index (χ2v) is 6.87. The van der Waals surface area contributed by atoms with E-state index in [-0.39, 0.29) is 6.10 Å². The van der Waals surface area contributed by atoms with Crippen molar-refractivity contribution in [3.05, 3.63) is 52.1 Å². The Morgan fingerprint density at radius 2 is 1.96 bits per heavy atom. The van der Waals surface area contributed by atoms with Crippen molar-refractivity contribution >= 4 is 22.6 Å². The van der Waals surface area contributed by atoms with Crippen LogP contribution in [0, 0.1) is 0 Å². The van der Waals surface area contributed by atoms with E-state index in [4.69, 9.17) is 14.2 Å². The number of hydrogen-bond donors (Lipinski definition) is 1. The zero-order valence-electron chi connectivity index (χ0n) is 13.9. The quantitative estimate of drug-likeness (QED) is 0.451. The molecule has 0 unspecified atom stereocenters. The predicted octanol–water partition coefficient (Wildman–Crippen LogP) is 3.87. The van der Waals surface area contributed by atoms with Crippen LogP contribution in [-0.4, -0.2) is 37.6 Å². The van der Waals surface area contributed by atoms with Gasteiger partial charge in [-0.25, -0.2) is 0 Å². The van der Waals surface area contributed by atoms with Crippen LogP contribution >= 0.6 is 22.6 Å². The first kappa shape index (κ1) is 20.2. The molecule has 128 valence electrons. The average Bonchev–Trinajstić information content (AvgIpc) is 2.53. The van der Waals surface area contributed by atoms with E-state index in [2.05, 4.69) is 29.2 Å². The highest BCUT2D eigenvalue weighted by atomic mass is 127. The first-order chi connectivity index (χ1) is 11.0. The second-order valence-electron chi connectivity index (χ2n) is 5.17. The van der Waals surface area contributed by atoms with Crippen LogP contribution in [0.15, 0.2) is 46.6 Å². The Morgan fingerprint density at radius 1 is 1.30 bits per heavy atom. The van der Waals surface area contributed by atoms with Crippen molar-refractivity contribution in [3.63, 3.8) is 0 Å². The number of aliphatic hydroxyl groups is 1. The lowest BCUT2D eigenvalue weighted by atomic mass is 10.0. The maximum absolute atomic E-state index is 10.4. The van der Waals surface area contributed by atoms with Gasteiger partial charge in [0, 0.05) is 7.11 Å². The predicted molar refractivity (Wildman–Crippen MR) is 101 cm³/mol. The van der Waals surface area contributed by atoms with Crippen LogP contribution in [0.4, 0.5) is 0 Å². The molecule has 0 radical (unpaired) electrons. The smallest absolute Gasteiger partial charge is 0.118 e. The maximum atomic E-state index is 10.4. The van der Waals surface area contributed by atoms with Crippen molar-refractivity contribution in [1.29, 1.82) is 0 Å². The molecule has 1 rings (SSSR count). The summed E-state index contributed by atoms with van der Waals surface area (Å²) in [5, 5.41) is 10.4. The number of allylic oxidation sites excluding steroid dienone is 1. The minimum absolute atomic E-state index is 0.257. The lowest BCUT2D eigenvalue weighted by Gasteiger charge is -2.28. The molecule has 3 atom stereocenters. The number of aliphatic hydroxyl groups excluding tert-OH is 1.